The summed E-state index contributed by atoms with van der Waals surface area (Å²) in [5.41, 5.74) is 0.702. The number of nitrogens with one attached hydrogen (secondary N) is 2. The summed E-state index contributed by atoms with van der Waals surface area (Å²) < 4.78 is 28.3. The number of fused-ring (bicyclic) bond motifs is 3. The third-order valence-electron chi connectivity index (χ3n) is 6.88. The van der Waals surface area contributed by atoms with Crippen LogP contribution in [0.25, 0.3) is 0 Å². The van der Waals surface area contributed by atoms with E-state index >= 15 is 0 Å². The monoisotopic (exact) mass is 376 g/mol. The Hall–Kier alpha value is -1.89. The summed E-state index contributed by atoms with van der Waals surface area (Å²) >= 11 is 0. The summed E-state index contributed by atoms with van der Waals surface area (Å²) in [7, 11) is -3.71. The molecule has 140 valence electrons. The van der Waals surface area contributed by atoms with E-state index in [-0.39, 0.29) is 28.8 Å². The second-order valence-electron chi connectivity index (χ2n) is 8.41. The lowest BCUT2D eigenvalue weighted by atomic mass is 9.70. The maximum Gasteiger partial charge on any atom is 0.251 e. The molecule has 6 nitrogen and oxygen atoms in total. The number of carbonyl (C=O) groups is 2. The Morgan fingerprint density at radius 3 is 2.69 bits per heavy atom. The van der Waals surface area contributed by atoms with Gasteiger partial charge in [-0.05, 0) is 48.3 Å². The Balaban J connectivity index is 1.60. The normalized spacial score (nSPS) is 29.4. The van der Waals surface area contributed by atoms with Gasteiger partial charge in [-0.15, -0.1) is 0 Å². The van der Waals surface area contributed by atoms with E-state index in [4.69, 9.17) is 0 Å². The molecule has 0 radical (unpaired) electrons. The van der Waals surface area contributed by atoms with E-state index in [2.05, 4.69) is 10.0 Å². The quantitative estimate of drug-likeness (QED) is 0.842. The second-order valence-corrected chi connectivity index (χ2v) is 10.1. The van der Waals surface area contributed by atoms with Crippen molar-refractivity contribution in [1.29, 1.82) is 0 Å². The van der Waals surface area contributed by atoms with Crippen LogP contribution >= 0.6 is 0 Å². The van der Waals surface area contributed by atoms with Gasteiger partial charge in [0, 0.05) is 24.2 Å². The Morgan fingerprint density at radius 1 is 1.27 bits per heavy atom. The molecule has 2 fully saturated rings. The third kappa shape index (κ3) is 2.47. The van der Waals surface area contributed by atoms with Crippen LogP contribution in [-0.4, -0.2) is 32.4 Å². The zero-order valence-electron chi connectivity index (χ0n) is 15.1. The molecule has 1 heterocycles. The van der Waals surface area contributed by atoms with Crippen LogP contribution in [0.15, 0.2) is 18.2 Å². The van der Waals surface area contributed by atoms with E-state index < -0.39 is 15.4 Å². The third-order valence-corrected chi connectivity index (χ3v) is 8.30. The van der Waals surface area contributed by atoms with Gasteiger partial charge in [0.05, 0.1) is 11.2 Å². The summed E-state index contributed by atoms with van der Waals surface area (Å²) in [6.45, 7) is 4.64. The number of hydrogen-bond donors (Lipinski definition) is 2. The summed E-state index contributed by atoms with van der Waals surface area (Å²) in [5, 5.41) is 2.76. The summed E-state index contributed by atoms with van der Waals surface area (Å²) in [5.74, 6) is -0.0192. The highest BCUT2D eigenvalue weighted by molar-refractivity contribution is 7.92. The second kappa shape index (κ2) is 5.55. The first-order valence-corrected chi connectivity index (χ1v) is 10.7. The first kappa shape index (κ1) is 17.5. The Labute approximate surface area is 153 Å². The van der Waals surface area contributed by atoms with Crippen LogP contribution < -0.4 is 10.0 Å². The van der Waals surface area contributed by atoms with Gasteiger partial charge in [0.25, 0.3) is 5.91 Å². The molecule has 0 saturated heterocycles. The number of hydrogen-bond acceptors (Lipinski definition) is 4. The van der Waals surface area contributed by atoms with Crippen molar-refractivity contribution in [3.63, 3.8) is 0 Å². The number of benzene rings is 1. The fourth-order valence-corrected chi connectivity index (χ4v) is 7.01. The summed E-state index contributed by atoms with van der Waals surface area (Å²) in [6.07, 6.45) is 2.77. The molecule has 26 heavy (non-hydrogen) atoms. The number of sulfonamides is 1. The minimum atomic E-state index is -3.71. The molecule has 0 unspecified atom stereocenters. The number of anilines is 1. The van der Waals surface area contributed by atoms with Gasteiger partial charge in [0.2, 0.25) is 10.0 Å². The highest BCUT2D eigenvalue weighted by atomic mass is 32.2. The molecule has 2 aliphatic carbocycles. The zero-order chi connectivity index (χ0) is 18.7. The van der Waals surface area contributed by atoms with Crippen molar-refractivity contribution < 1.29 is 18.0 Å². The molecule has 0 spiro atoms. The molecule has 3 aliphatic rings. The van der Waals surface area contributed by atoms with Crippen molar-refractivity contribution >= 4 is 27.4 Å². The van der Waals surface area contributed by atoms with Crippen LogP contribution in [-0.2, 0) is 21.2 Å². The fourth-order valence-electron chi connectivity index (χ4n) is 5.12. The lowest BCUT2D eigenvalue weighted by molar-refractivity contribution is -0.128. The van der Waals surface area contributed by atoms with Gasteiger partial charge in [-0.25, -0.2) is 8.42 Å². The molecule has 1 aliphatic heterocycles. The van der Waals surface area contributed by atoms with Gasteiger partial charge in [-0.1, -0.05) is 19.9 Å². The molecular weight excluding hydrogens is 352 g/mol. The van der Waals surface area contributed by atoms with Crippen molar-refractivity contribution in [2.75, 3.05) is 17.0 Å². The van der Waals surface area contributed by atoms with Crippen molar-refractivity contribution in [3.05, 3.63) is 29.3 Å². The van der Waals surface area contributed by atoms with Crippen molar-refractivity contribution in [3.8, 4) is 0 Å². The van der Waals surface area contributed by atoms with Crippen LogP contribution in [0, 0.1) is 16.7 Å². The zero-order valence-corrected chi connectivity index (χ0v) is 15.9. The minimum absolute atomic E-state index is 0.0777. The first-order valence-electron chi connectivity index (χ1n) is 9.10. The number of amides is 1. The maximum absolute atomic E-state index is 12.9. The van der Waals surface area contributed by atoms with E-state index in [1.165, 1.54) is 0 Å². The molecular formula is C19H24N2O4S. The van der Waals surface area contributed by atoms with Crippen LogP contribution in [0.3, 0.4) is 0 Å². The number of carbonyl (C=O) groups excluding carboxylic acids is 2. The lowest BCUT2D eigenvalue weighted by Crippen LogP contribution is -2.43. The molecule has 1 amide bonds. The molecule has 2 saturated carbocycles. The molecule has 2 N–H and O–H groups in total. The van der Waals surface area contributed by atoms with Crippen molar-refractivity contribution in [2.24, 2.45) is 16.7 Å². The Morgan fingerprint density at radius 2 is 2.04 bits per heavy atom. The molecule has 4 rings (SSSR count). The van der Waals surface area contributed by atoms with Gasteiger partial charge in [-0.3, -0.25) is 14.3 Å². The number of Topliss-reactive ketones (excluding diaryl/α,β-unsaturated/α-hetero) is 1. The smallest absolute Gasteiger partial charge is 0.251 e. The molecule has 2 bridgehead atoms. The number of rotatable bonds is 4. The van der Waals surface area contributed by atoms with Gasteiger partial charge in [0.1, 0.15) is 5.78 Å². The average molecular weight is 376 g/mol. The number of ketones is 1. The van der Waals surface area contributed by atoms with Gasteiger partial charge >= 0.3 is 0 Å². The minimum Gasteiger partial charge on any atom is -0.352 e. The van der Waals surface area contributed by atoms with Crippen LogP contribution in [0.2, 0.25) is 0 Å². The molecule has 7 heteroatoms. The van der Waals surface area contributed by atoms with Crippen LogP contribution in [0.1, 0.15) is 49.0 Å². The van der Waals surface area contributed by atoms with Crippen molar-refractivity contribution in [1.82, 2.24) is 5.32 Å². The summed E-state index contributed by atoms with van der Waals surface area (Å²) in [4.78, 5) is 24.6. The fraction of sp³-hybridized carbons (Fsp3) is 0.579. The predicted octanol–water partition coefficient (Wildman–Crippen LogP) is 2.11. The highest BCUT2D eigenvalue weighted by Crippen LogP contribution is 2.64. The van der Waals surface area contributed by atoms with E-state index in [1.807, 2.05) is 13.8 Å². The van der Waals surface area contributed by atoms with E-state index in [1.54, 1.807) is 18.2 Å². The SMILES string of the molecule is CC1(C)[C@H]2CC[C@@]1(CS(=O)(=O)Nc1ccc3c(c1)C(=O)NCC3)C(=O)C2. The largest absolute Gasteiger partial charge is 0.352 e. The summed E-state index contributed by atoms with van der Waals surface area (Å²) in [6, 6.07) is 5.06. The maximum atomic E-state index is 12.9. The van der Waals surface area contributed by atoms with E-state index in [9.17, 15) is 18.0 Å². The lowest BCUT2D eigenvalue weighted by Gasteiger charge is -2.36. The van der Waals surface area contributed by atoms with Crippen LogP contribution in [0.4, 0.5) is 5.69 Å². The van der Waals surface area contributed by atoms with Gasteiger partial charge < -0.3 is 5.32 Å². The standard InChI is InChI=1S/C19H24N2O4S/c1-18(2)13-5-7-19(18,16(22)9-13)11-26(24,25)21-14-4-3-12-6-8-20-17(23)15(12)10-14/h3-4,10,13,21H,5-9,11H2,1-2H3,(H,20,23)/t13-,19+/m0/s1. The van der Waals surface area contributed by atoms with Gasteiger partial charge in [0.15, 0.2) is 0 Å². The average Bonchev–Trinajstić information content (AvgIpc) is 2.89. The molecule has 1 aromatic carbocycles. The Kier molecular flexibility index (Phi) is 3.74. The highest BCUT2D eigenvalue weighted by Gasteiger charge is 2.65. The molecule has 1 aromatic rings. The van der Waals surface area contributed by atoms with Gasteiger partial charge in [-0.2, -0.15) is 0 Å². The first-order chi connectivity index (χ1) is 12.1. The van der Waals surface area contributed by atoms with Crippen LogP contribution in [0.5, 0.6) is 0 Å². The van der Waals surface area contributed by atoms with Crippen molar-refractivity contribution in [2.45, 2.75) is 39.5 Å². The topological polar surface area (TPSA) is 92.3 Å². The predicted molar refractivity (Wildman–Crippen MR) is 98.5 cm³/mol. The van der Waals surface area contributed by atoms with E-state index in [0.717, 1.165) is 18.4 Å². The molecule has 0 aromatic heterocycles. The Bertz CT molecular complexity index is 906. The van der Waals surface area contributed by atoms with E-state index in [0.29, 0.717) is 30.6 Å². The molecule has 2 atom stereocenters.